The molecule has 0 saturated heterocycles. The Morgan fingerprint density at radius 2 is 2.16 bits per heavy atom. The summed E-state index contributed by atoms with van der Waals surface area (Å²) in [6, 6.07) is 0.149. The molecule has 110 valence electrons. The van der Waals surface area contributed by atoms with Gasteiger partial charge in [0.2, 0.25) is 0 Å². The van der Waals surface area contributed by atoms with Crippen LogP contribution in [0.5, 0.6) is 0 Å². The number of nitrogens with zero attached hydrogens (tertiary/aromatic N) is 2. The van der Waals surface area contributed by atoms with E-state index in [1.165, 1.54) is 0 Å². The van der Waals surface area contributed by atoms with Crippen LogP contribution in [-0.4, -0.2) is 29.0 Å². The number of aryl methyl sites for hydroxylation is 2. The van der Waals surface area contributed by atoms with Gasteiger partial charge in [0.1, 0.15) is 0 Å². The van der Waals surface area contributed by atoms with Crippen molar-refractivity contribution in [3.8, 4) is 0 Å². The minimum absolute atomic E-state index is 0.149. The third kappa shape index (κ3) is 4.45. The van der Waals surface area contributed by atoms with Gasteiger partial charge in [0.15, 0.2) is 0 Å². The summed E-state index contributed by atoms with van der Waals surface area (Å²) in [5, 5.41) is 5.29. The van der Waals surface area contributed by atoms with Gasteiger partial charge in [-0.3, -0.25) is 16.0 Å². The van der Waals surface area contributed by atoms with E-state index in [4.69, 9.17) is 22.2 Å². The predicted molar refractivity (Wildman–Crippen MR) is 78.2 cm³/mol. The highest BCUT2D eigenvalue weighted by atomic mass is 35.5. The number of hydrogen-bond donors (Lipinski definition) is 2. The lowest BCUT2D eigenvalue weighted by Gasteiger charge is -2.16. The molecule has 1 heterocycles. The highest BCUT2D eigenvalue weighted by Gasteiger charge is 2.18. The van der Waals surface area contributed by atoms with Crippen molar-refractivity contribution in [3.63, 3.8) is 0 Å². The van der Waals surface area contributed by atoms with E-state index in [1.54, 1.807) is 0 Å². The van der Waals surface area contributed by atoms with Gasteiger partial charge >= 0.3 is 0 Å². The van der Waals surface area contributed by atoms with Crippen molar-refractivity contribution in [2.24, 2.45) is 5.84 Å². The van der Waals surface area contributed by atoms with Gasteiger partial charge in [-0.2, -0.15) is 5.10 Å². The number of ether oxygens (including phenoxy) is 1. The smallest absolute Gasteiger partial charge is 0.0850 e. The largest absolute Gasteiger partial charge is 0.382 e. The van der Waals surface area contributed by atoms with Crippen LogP contribution < -0.4 is 11.3 Å². The molecule has 19 heavy (non-hydrogen) atoms. The zero-order valence-electron chi connectivity index (χ0n) is 12.1. The molecule has 0 aliphatic rings. The number of halogens is 1. The average Bonchev–Trinajstić information content (AvgIpc) is 2.74. The van der Waals surface area contributed by atoms with Crippen molar-refractivity contribution in [2.75, 3.05) is 13.2 Å². The van der Waals surface area contributed by atoms with Gasteiger partial charge in [-0.15, -0.1) is 0 Å². The van der Waals surface area contributed by atoms with Gasteiger partial charge in [-0.25, -0.2) is 0 Å². The molecule has 1 unspecified atom stereocenters. The summed E-state index contributed by atoms with van der Waals surface area (Å²) in [4.78, 5) is 0. The molecule has 1 aromatic heterocycles. The number of nitrogens with two attached hydrogens (primary N) is 1. The minimum atomic E-state index is 0.149. The fourth-order valence-electron chi connectivity index (χ4n) is 2.06. The van der Waals surface area contributed by atoms with Gasteiger partial charge in [-0.1, -0.05) is 18.5 Å². The zero-order chi connectivity index (χ0) is 14.3. The van der Waals surface area contributed by atoms with Crippen molar-refractivity contribution in [1.29, 1.82) is 0 Å². The van der Waals surface area contributed by atoms with E-state index < -0.39 is 0 Å². The molecule has 0 bridgehead atoms. The molecule has 0 fully saturated rings. The van der Waals surface area contributed by atoms with Gasteiger partial charge < -0.3 is 4.74 Å². The quantitative estimate of drug-likeness (QED) is 0.414. The maximum absolute atomic E-state index is 6.39. The van der Waals surface area contributed by atoms with Crippen molar-refractivity contribution in [3.05, 3.63) is 16.4 Å². The highest BCUT2D eigenvalue weighted by molar-refractivity contribution is 6.31. The first-order chi connectivity index (χ1) is 9.17. The van der Waals surface area contributed by atoms with Crippen LogP contribution >= 0.6 is 11.6 Å². The van der Waals surface area contributed by atoms with Crippen LogP contribution in [0.1, 0.15) is 38.6 Å². The number of aromatic nitrogens is 2. The molecular formula is C13H25ClN4O. The molecule has 0 aromatic carbocycles. The maximum atomic E-state index is 6.39. The molecule has 1 atom stereocenters. The third-order valence-corrected chi connectivity index (χ3v) is 3.62. The molecule has 0 spiro atoms. The monoisotopic (exact) mass is 288 g/mol. The Morgan fingerprint density at radius 1 is 1.42 bits per heavy atom. The number of hydrazine groups is 1. The van der Waals surface area contributed by atoms with E-state index >= 15 is 0 Å². The van der Waals surface area contributed by atoms with Crippen molar-refractivity contribution < 1.29 is 4.74 Å². The summed E-state index contributed by atoms with van der Waals surface area (Å²) in [6.45, 7) is 8.36. The van der Waals surface area contributed by atoms with Gasteiger partial charge in [0.05, 0.1) is 16.4 Å². The van der Waals surface area contributed by atoms with Crippen molar-refractivity contribution in [2.45, 2.75) is 52.6 Å². The van der Waals surface area contributed by atoms with Gasteiger partial charge in [0.25, 0.3) is 0 Å². The fraction of sp³-hybridized carbons (Fsp3) is 0.769. The fourth-order valence-corrected chi connectivity index (χ4v) is 2.41. The number of rotatable bonds is 9. The molecule has 0 saturated carbocycles. The van der Waals surface area contributed by atoms with E-state index in [1.807, 2.05) is 11.6 Å². The van der Waals surface area contributed by atoms with Crippen LogP contribution in [-0.2, 0) is 24.1 Å². The first-order valence-electron chi connectivity index (χ1n) is 6.95. The normalized spacial score (nSPS) is 12.9. The lowest BCUT2D eigenvalue weighted by molar-refractivity contribution is 0.136. The van der Waals surface area contributed by atoms with E-state index in [-0.39, 0.29) is 6.04 Å². The van der Waals surface area contributed by atoms with E-state index in [2.05, 4.69) is 24.4 Å². The molecule has 0 aliphatic carbocycles. The lowest BCUT2D eigenvalue weighted by atomic mass is 10.1. The van der Waals surface area contributed by atoms with Crippen molar-refractivity contribution >= 4 is 11.6 Å². The molecule has 5 nitrogen and oxygen atoms in total. The molecule has 1 rings (SSSR count). The topological polar surface area (TPSA) is 65.1 Å². The first kappa shape index (κ1) is 16.4. The summed E-state index contributed by atoms with van der Waals surface area (Å²) in [5.74, 6) is 5.61. The molecule has 1 aromatic rings. The number of nitrogens with one attached hydrogen (secondary N) is 1. The van der Waals surface area contributed by atoms with E-state index in [0.717, 1.165) is 48.8 Å². The summed E-state index contributed by atoms with van der Waals surface area (Å²) in [6.07, 6.45) is 2.47. The molecule has 6 heteroatoms. The second-order valence-corrected chi connectivity index (χ2v) is 4.81. The second-order valence-electron chi connectivity index (χ2n) is 4.43. The zero-order valence-corrected chi connectivity index (χ0v) is 12.8. The predicted octanol–water partition coefficient (Wildman–Crippen LogP) is 1.92. The second kappa shape index (κ2) is 8.53. The van der Waals surface area contributed by atoms with Crippen molar-refractivity contribution in [1.82, 2.24) is 15.2 Å². The molecule has 0 amide bonds. The van der Waals surface area contributed by atoms with Crippen LogP contribution in [0.4, 0.5) is 0 Å². The molecule has 0 aliphatic heterocycles. The molecule has 0 radical (unpaired) electrons. The van der Waals surface area contributed by atoms with Gasteiger partial charge in [-0.05, 0) is 26.7 Å². The number of hydrogen-bond acceptors (Lipinski definition) is 4. The Morgan fingerprint density at radius 3 is 2.68 bits per heavy atom. The standard InChI is InChI=1S/C13H25ClN4O/c1-4-11-13(14)12(18(5-2)17-11)9-10(16-15)7-8-19-6-3/h10,16H,4-9,15H2,1-3H3. The van der Waals surface area contributed by atoms with Gasteiger partial charge in [0, 0.05) is 32.2 Å². The van der Waals surface area contributed by atoms with Crippen LogP contribution in [0.3, 0.4) is 0 Å². The Hall–Kier alpha value is -0.620. The molecule has 3 N–H and O–H groups in total. The molecular weight excluding hydrogens is 264 g/mol. The van der Waals surface area contributed by atoms with E-state index in [9.17, 15) is 0 Å². The Labute approximate surface area is 120 Å². The summed E-state index contributed by atoms with van der Waals surface area (Å²) >= 11 is 6.39. The SMILES string of the molecule is CCOCCC(Cc1c(Cl)c(CC)nn1CC)NN. The minimum Gasteiger partial charge on any atom is -0.382 e. The average molecular weight is 289 g/mol. The van der Waals surface area contributed by atoms with Crippen LogP contribution in [0.2, 0.25) is 5.02 Å². The third-order valence-electron chi connectivity index (χ3n) is 3.18. The summed E-state index contributed by atoms with van der Waals surface area (Å²) in [7, 11) is 0. The van der Waals surface area contributed by atoms with Crippen LogP contribution in [0.25, 0.3) is 0 Å². The maximum Gasteiger partial charge on any atom is 0.0850 e. The lowest BCUT2D eigenvalue weighted by Crippen LogP contribution is -2.38. The Balaban J connectivity index is 2.75. The summed E-state index contributed by atoms with van der Waals surface area (Å²) in [5.41, 5.74) is 4.85. The highest BCUT2D eigenvalue weighted by Crippen LogP contribution is 2.23. The first-order valence-corrected chi connectivity index (χ1v) is 7.33. The van der Waals surface area contributed by atoms with E-state index in [0.29, 0.717) is 6.61 Å². The van der Waals surface area contributed by atoms with Crippen LogP contribution in [0.15, 0.2) is 0 Å². The Bertz CT molecular complexity index is 381. The van der Waals surface area contributed by atoms with Crippen LogP contribution in [0, 0.1) is 0 Å². The summed E-state index contributed by atoms with van der Waals surface area (Å²) < 4.78 is 7.33. The Kier molecular flexibility index (Phi) is 7.38.